The van der Waals surface area contributed by atoms with E-state index in [9.17, 15) is 4.79 Å². The topological polar surface area (TPSA) is 81.9 Å². The monoisotopic (exact) mass is 459 g/mol. The minimum atomic E-state index is -0.391. The Morgan fingerprint density at radius 3 is 2.42 bits per heavy atom. The first-order chi connectivity index (χ1) is 16.0. The number of benzene rings is 2. The molecule has 33 heavy (non-hydrogen) atoms. The number of carbonyl (C=O) groups is 1. The molecular weight excluding hydrogens is 434 g/mol. The summed E-state index contributed by atoms with van der Waals surface area (Å²) in [6.45, 7) is 5.88. The van der Waals surface area contributed by atoms with E-state index in [2.05, 4.69) is 26.6 Å². The van der Waals surface area contributed by atoms with E-state index in [1.807, 2.05) is 73.9 Å². The normalized spacial score (nSPS) is 11.8. The molecule has 1 N–H and O–H groups in total. The van der Waals surface area contributed by atoms with Crippen molar-refractivity contribution in [1.82, 2.24) is 19.7 Å². The van der Waals surface area contributed by atoms with Crippen molar-refractivity contribution in [2.24, 2.45) is 0 Å². The van der Waals surface area contributed by atoms with Crippen LogP contribution in [0.15, 0.2) is 72.1 Å². The number of amides is 1. The first-order valence-corrected chi connectivity index (χ1v) is 11.4. The van der Waals surface area contributed by atoms with Crippen molar-refractivity contribution in [2.45, 2.75) is 31.2 Å². The molecule has 0 aliphatic heterocycles. The predicted octanol–water partition coefficient (Wildman–Crippen LogP) is 5.07. The molecule has 2 heterocycles. The molecule has 4 aromatic rings. The van der Waals surface area contributed by atoms with Crippen LogP contribution in [0.4, 0.5) is 5.69 Å². The Bertz CT molecular complexity index is 1260. The number of pyridine rings is 1. The maximum absolute atomic E-state index is 12.9. The van der Waals surface area contributed by atoms with E-state index in [1.165, 1.54) is 11.8 Å². The Balaban J connectivity index is 1.64. The van der Waals surface area contributed by atoms with E-state index in [-0.39, 0.29) is 5.91 Å². The van der Waals surface area contributed by atoms with Crippen LogP contribution in [0.1, 0.15) is 18.1 Å². The molecule has 0 fully saturated rings. The molecular formula is C25H25N5O2S. The molecule has 168 valence electrons. The third-order valence-corrected chi connectivity index (χ3v) is 6.24. The summed E-state index contributed by atoms with van der Waals surface area (Å²) in [5.74, 6) is 1.33. The van der Waals surface area contributed by atoms with Gasteiger partial charge in [0, 0.05) is 29.3 Å². The number of carbonyl (C=O) groups excluding carboxylic acids is 1. The Kier molecular flexibility index (Phi) is 6.74. The third-order valence-electron chi connectivity index (χ3n) is 5.19. The molecule has 0 aliphatic rings. The summed E-state index contributed by atoms with van der Waals surface area (Å²) >= 11 is 1.36. The van der Waals surface area contributed by atoms with Gasteiger partial charge in [0.2, 0.25) is 5.91 Å². The van der Waals surface area contributed by atoms with Gasteiger partial charge in [-0.25, -0.2) is 0 Å². The first-order valence-electron chi connectivity index (χ1n) is 10.5. The summed E-state index contributed by atoms with van der Waals surface area (Å²) in [6.07, 6.45) is 3.43. The SMILES string of the molecule is COc1ccc(-n2c(SC(C)C(=O)Nc3ccc(C)cc3C)nnc2-c2ccncc2)cc1. The molecule has 1 amide bonds. The Hall–Kier alpha value is -3.65. The van der Waals surface area contributed by atoms with E-state index >= 15 is 0 Å². The average Bonchev–Trinajstić information content (AvgIpc) is 3.24. The van der Waals surface area contributed by atoms with Gasteiger partial charge in [-0.05, 0) is 68.8 Å². The van der Waals surface area contributed by atoms with Crippen LogP contribution in [0, 0.1) is 13.8 Å². The lowest BCUT2D eigenvalue weighted by molar-refractivity contribution is -0.115. The number of anilines is 1. The molecule has 4 rings (SSSR count). The number of ether oxygens (including phenoxy) is 1. The number of hydrogen-bond acceptors (Lipinski definition) is 6. The van der Waals surface area contributed by atoms with Crippen molar-refractivity contribution in [3.63, 3.8) is 0 Å². The van der Waals surface area contributed by atoms with Gasteiger partial charge in [0.15, 0.2) is 11.0 Å². The second-order valence-electron chi connectivity index (χ2n) is 7.64. The summed E-state index contributed by atoms with van der Waals surface area (Å²) in [4.78, 5) is 17.0. The number of aromatic nitrogens is 4. The van der Waals surface area contributed by atoms with Crippen LogP contribution in [-0.2, 0) is 4.79 Å². The Morgan fingerprint density at radius 2 is 1.76 bits per heavy atom. The fraction of sp³-hybridized carbons (Fsp3) is 0.200. The van der Waals surface area contributed by atoms with Crippen molar-refractivity contribution in [2.75, 3.05) is 12.4 Å². The second-order valence-corrected chi connectivity index (χ2v) is 8.95. The number of hydrogen-bond donors (Lipinski definition) is 1. The fourth-order valence-corrected chi connectivity index (χ4v) is 4.27. The minimum Gasteiger partial charge on any atom is -0.497 e. The highest BCUT2D eigenvalue weighted by molar-refractivity contribution is 8.00. The number of thioether (sulfide) groups is 1. The van der Waals surface area contributed by atoms with Crippen LogP contribution in [0.3, 0.4) is 0 Å². The zero-order chi connectivity index (χ0) is 23.4. The van der Waals surface area contributed by atoms with Crippen molar-refractivity contribution in [1.29, 1.82) is 0 Å². The zero-order valence-electron chi connectivity index (χ0n) is 18.9. The van der Waals surface area contributed by atoms with Gasteiger partial charge < -0.3 is 10.1 Å². The van der Waals surface area contributed by atoms with Crippen molar-refractivity contribution >= 4 is 23.4 Å². The Morgan fingerprint density at radius 1 is 1.03 bits per heavy atom. The number of nitrogens with zero attached hydrogens (tertiary/aromatic N) is 4. The molecule has 0 saturated heterocycles. The molecule has 8 heteroatoms. The van der Waals surface area contributed by atoms with E-state index in [1.54, 1.807) is 19.5 Å². The van der Waals surface area contributed by atoms with Gasteiger partial charge in [-0.3, -0.25) is 14.3 Å². The van der Waals surface area contributed by atoms with Gasteiger partial charge in [-0.15, -0.1) is 10.2 Å². The standard InChI is InChI=1S/C25H25N5O2S/c1-16-5-10-22(17(2)15-16)27-24(31)18(3)33-25-29-28-23(19-11-13-26-14-12-19)30(25)20-6-8-21(32-4)9-7-20/h5-15,18H,1-4H3,(H,27,31). The van der Waals surface area contributed by atoms with E-state index < -0.39 is 5.25 Å². The van der Waals surface area contributed by atoms with Gasteiger partial charge >= 0.3 is 0 Å². The zero-order valence-corrected chi connectivity index (χ0v) is 19.8. The first kappa shape index (κ1) is 22.5. The molecule has 7 nitrogen and oxygen atoms in total. The second kappa shape index (κ2) is 9.87. The molecule has 0 aliphatic carbocycles. The van der Waals surface area contributed by atoms with Crippen molar-refractivity contribution in [3.8, 4) is 22.8 Å². The fourth-order valence-electron chi connectivity index (χ4n) is 3.40. The largest absolute Gasteiger partial charge is 0.497 e. The van der Waals surface area contributed by atoms with Crippen molar-refractivity contribution < 1.29 is 9.53 Å². The number of nitrogens with one attached hydrogen (secondary N) is 1. The van der Waals surface area contributed by atoms with Crippen LogP contribution < -0.4 is 10.1 Å². The molecule has 0 bridgehead atoms. The molecule has 1 atom stereocenters. The molecule has 1 unspecified atom stereocenters. The van der Waals surface area contributed by atoms with E-state index in [4.69, 9.17) is 4.74 Å². The number of aryl methyl sites for hydroxylation is 2. The van der Waals surface area contributed by atoms with E-state index in [0.29, 0.717) is 11.0 Å². The van der Waals surface area contributed by atoms with Crippen LogP contribution in [-0.4, -0.2) is 38.0 Å². The summed E-state index contributed by atoms with van der Waals surface area (Å²) in [5, 5.41) is 12.1. The summed E-state index contributed by atoms with van der Waals surface area (Å²) in [7, 11) is 1.63. The molecule has 2 aromatic carbocycles. The van der Waals surface area contributed by atoms with Crippen molar-refractivity contribution in [3.05, 3.63) is 78.1 Å². The van der Waals surface area contributed by atoms with Crippen LogP contribution in [0.2, 0.25) is 0 Å². The minimum absolute atomic E-state index is 0.0957. The predicted molar refractivity (Wildman–Crippen MR) is 131 cm³/mol. The van der Waals surface area contributed by atoms with Gasteiger partial charge in [0.05, 0.1) is 12.4 Å². The Labute approximate surface area is 197 Å². The van der Waals surface area contributed by atoms with Gasteiger partial charge in [-0.2, -0.15) is 0 Å². The highest BCUT2D eigenvalue weighted by Crippen LogP contribution is 2.31. The maximum atomic E-state index is 12.9. The number of methoxy groups -OCH3 is 1. The lowest BCUT2D eigenvalue weighted by Crippen LogP contribution is -2.23. The summed E-state index contributed by atoms with van der Waals surface area (Å²) < 4.78 is 7.24. The smallest absolute Gasteiger partial charge is 0.237 e. The summed E-state index contributed by atoms with van der Waals surface area (Å²) in [5.41, 5.74) is 4.75. The molecule has 2 aromatic heterocycles. The van der Waals surface area contributed by atoms with Gasteiger partial charge in [-0.1, -0.05) is 29.5 Å². The van der Waals surface area contributed by atoms with Crippen LogP contribution in [0.5, 0.6) is 5.75 Å². The third kappa shape index (κ3) is 5.06. The molecule has 0 saturated carbocycles. The van der Waals surface area contributed by atoms with Gasteiger partial charge in [0.25, 0.3) is 0 Å². The average molecular weight is 460 g/mol. The lowest BCUT2D eigenvalue weighted by Gasteiger charge is -2.15. The highest BCUT2D eigenvalue weighted by atomic mass is 32.2. The lowest BCUT2D eigenvalue weighted by atomic mass is 10.1. The highest BCUT2D eigenvalue weighted by Gasteiger charge is 2.22. The van der Waals surface area contributed by atoms with E-state index in [0.717, 1.165) is 33.8 Å². The maximum Gasteiger partial charge on any atom is 0.237 e. The quantitative estimate of drug-likeness (QED) is 0.389. The van der Waals surface area contributed by atoms with Crippen LogP contribution >= 0.6 is 11.8 Å². The molecule has 0 radical (unpaired) electrons. The number of rotatable bonds is 7. The molecule has 0 spiro atoms. The summed E-state index contributed by atoms with van der Waals surface area (Å²) in [6, 6.07) is 17.4. The van der Waals surface area contributed by atoms with Crippen LogP contribution in [0.25, 0.3) is 17.1 Å². The van der Waals surface area contributed by atoms with Gasteiger partial charge in [0.1, 0.15) is 5.75 Å².